The normalized spacial score (nSPS) is 14.8. The van der Waals surface area contributed by atoms with Crippen LogP contribution in [-0.4, -0.2) is 28.4 Å². The van der Waals surface area contributed by atoms with Gasteiger partial charge in [0, 0.05) is 11.5 Å². The first-order valence-electron chi connectivity index (χ1n) is 5.79. The third-order valence-electron chi connectivity index (χ3n) is 2.51. The molecule has 0 spiro atoms. The maximum atomic E-state index is 12.7. The molecule has 1 aromatic rings. The van der Waals surface area contributed by atoms with Gasteiger partial charge >= 0.3 is 5.97 Å². The van der Waals surface area contributed by atoms with E-state index in [1.807, 2.05) is 0 Å². The average molecular weight is 310 g/mol. The number of carbonyl (C=O) groups excluding carboxylic acids is 1. The van der Waals surface area contributed by atoms with Crippen LogP contribution in [0.2, 0.25) is 0 Å². The van der Waals surface area contributed by atoms with Crippen LogP contribution in [-0.2, 0) is 9.59 Å². The molecule has 20 heavy (non-hydrogen) atoms. The van der Waals surface area contributed by atoms with Crippen molar-refractivity contribution in [3.8, 4) is 0 Å². The van der Waals surface area contributed by atoms with E-state index >= 15 is 0 Å². The van der Waals surface area contributed by atoms with Crippen LogP contribution >= 0.6 is 23.5 Å². The molecule has 1 heterocycles. The van der Waals surface area contributed by atoms with Crippen LogP contribution in [0.5, 0.6) is 0 Å². The molecule has 3 nitrogen and oxygen atoms in total. The predicted molar refractivity (Wildman–Crippen MR) is 80.0 cm³/mol. The zero-order chi connectivity index (χ0) is 14.5. The summed E-state index contributed by atoms with van der Waals surface area (Å²) in [4.78, 5) is 23.2. The largest absolute Gasteiger partial charge is 0.477 e. The summed E-state index contributed by atoms with van der Waals surface area (Å²) < 4.78 is 13.3. The number of halogens is 1. The van der Waals surface area contributed by atoms with Gasteiger partial charge in [-0.05, 0) is 23.8 Å². The molecule has 1 aliphatic heterocycles. The zero-order valence-corrected chi connectivity index (χ0v) is 12.0. The molecule has 1 N–H and O–H groups in total. The Labute approximate surface area is 123 Å². The second kappa shape index (κ2) is 6.76. The summed E-state index contributed by atoms with van der Waals surface area (Å²) in [5.41, 5.74) is 0.456. The van der Waals surface area contributed by atoms with E-state index in [4.69, 9.17) is 5.11 Å². The molecule has 104 valence electrons. The van der Waals surface area contributed by atoms with Crippen LogP contribution in [0, 0.1) is 5.82 Å². The Morgan fingerprint density at radius 2 is 1.75 bits per heavy atom. The second-order valence-electron chi connectivity index (χ2n) is 3.91. The molecule has 0 saturated carbocycles. The van der Waals surface area contributed by atoms with E-state index in [1.165, 1.54) is 59.9 Å². The molecular formula is C14H11FO3S2. The van der Waals surface area contributed by atoms with E-state index in [0.29, 0.717) is 9.80 Å². The minimum atomic E-state index is -1.21. The summed E-state index contributed by atoms with van der Waals surface area (Å²) in [5.74, 6) is -0.493. The first kappa shape index (κ1) is 14.9. The third kappa shape index (κ3) is 3.74. The Morgan fingerprint density at radius 3 is 2.30 bits per heavy atom. The van der Waals surface area contributed by atoms with Gasteiger partial charge < -0.3 is 5.11 Å². The summed E-state index contributed by atoms with van der Waals surface area (Å²) in [5, 5.41) is 9.15. The van der Waals surface area contributed by atoms with Crippen molar-refractivity contribution in [2.24, 2.45) is 0 Å². The summed E-state index contributed by atoms with van der Waals surface area (Å²) >= 11 is 2.78. The number of carbonyl (C=O) groups is 2. The lowest BCUT2D eigenvalue weighted by Crippen LogP contribution is -2.11. The van der Waals surface area contributed by atoms with Crippen molar-refractivity contribution in [2.45, 2.75) is 0 Å². The Morgan fingerprint density at radius 1 is 1.15 bits per heavy atom. The highest BCUT2D eigenvalue weighted by Crippen LogP contribution is 2.39. The van der Waals surface area contributed by atoms with Gasteiger partial charge in [-0.3, -0.25) is 4.79 Å². The third-order valence-corrected chi connectivity index (χ3v) is 5.23. The predicted octanol–water partition coefficient (Wildman–Crippen LogP) is 3.18. The Kier molecular flexibility index (Phi) is 5.03. The lowest BCUT2D eigenvalue weighted by Gasteiger charge is -2.01. The second-order valence-corrected chi connectivity index (χ2v) is 6.38. The highest BCUT2D eigenvalue weighted by Gasteiger charge is 2.24. The van der Waals surface area contributed by atoms with Gasteiger partial charge in [0.25, 0.3) is 0 Å². The van der Waals surface area contributed by atoms with Crippen LogP contribution < -0.4 is 0 Å². The molecule has 1 aromatic carbocycles. The summed E-state index contributed by atoms with van der Waals surface area (Å²) in [6, 6.07) is 5.60. The van der Waals surface area contributed by atoms with Crippen molar-refractivity contribution in [3.63, 3.8) is 0 Å². The lowest BCUT2D eigenvalue weighted by molar-refractivity contribution is -0.134. The number of allylic oxidation sites excluding steroid dienone is 1. The number of carboxylic acid groups (broad SMARTS) is 1. The number of benzene rings is 1. The van der Waals surface area contributed by atoms with Crippen LogP contribution in [0.25, 0.3) is 6.08 Å². The topological polar surface area (TPSA) is 54.4 Å². The molecule has 0 radical (unpaired) electrons. The van der Waals surface area contributed by atoms with Gasteiger partial charge in [-0.25, -0.2) is 9.18 Å². The summed E-state index contributed by atoms with van der Waals surface area (Å²) in [7, 11) is 0. The van der Waals surface area contributed by atoms with Crippen molar-refractivity contribution in [2.75, 3.05) is 11.5 Å². The fourth-order valence-corrected chi connectivity index (χ4v) is 4.11. The molecule has 0 amide bonds. The number of thioether (sulfide) groups is 2. The van der Waals surface area contributed by atoms with Crippen molar-refractivity contribution in [1.82, 2.24) is 0 Å². The molecular weight excluding hydrogens is 299 g/mol. The summed E-state index contributed by atoms with van der Waals surface area (Å²) in [6.45, 7) is 0. The minimum absolute atomic E-state index is 0.184. The quantitative estimate of drug-likeness (QED) is 0.526. The Hall–Kier alpha value is -1.53. The van der Waals surface area contributed by atoms with Gasteiger partial charge in [-0.2, -0.15) is 0 Å². The molecule has 0 bridgehead atoms. The first-order valence-corrected chi connectivity index (χ1v) is 7.76. The summed E-state index contributed by atoms with van der Waals surface area (Å²) in [6.07, 6.45) is 2.69. The first-order chi connectivity index (χ1) is 9.58. The van der Waals surface area contributed by atoms with E-state index in [0.717, 1.165) is 11.5 Å². The van der Waals surface area contributed by atoms with Gasteiger partial charge in [-0.15, -0.1) is 23.5 Å². The number of rotatable bonds is 4. The molecule has 1 fully saturated rings. The number of carboxylic acids is 1. The van der Waals surface area contributed by atoms with Gasteiger partial charge in [-0.1, -0.05) is 18.2 Å². The maximum Gasteiger partial charge on any atom is 0.341 e. The highest BCUT2D eigenvalue weighted by atomic mass is 32.2. The average Bonchev–Trinajstić information content (AvgIpc) is 2.91. The van der Waals surface area contributed by atoms with E-state index in [1.54, 1.807) is 0 Å². The lowest BCUT2D eigenvalue weighted by atomic mass is 10.1. The van der Waals surface area contributed by atoms with Crippen LogP contribution in [0.1, 0.15) is 5.56 Å². The van der Waals surface area contributed by atoms with Crippen molar-refractivity contribution >= 4 is 41.4 Å². The van der Waals surface area contributed by atoms with Crippen LogP contribution in [0.3, 0.4) is 0 Å². The van der Waals surface area contributed by atoms with E-state index in [-0.39, 0.29) is 11.4 Å². The van der Waals surface area contributed by atoms with E-state index < -0.39 is 11.8 Å². The molecule has 1 aliphatic rings. The zero-order valence-electron chi connectivity index (χ0n) is 10.3. The van der Waals surface area contributed by atoms with Gasteiger partial charge in [0.1, 0.15) is 11.4 Å². The van der Waals surface area contributed by atoms with Gasteiger partial charge in [0.05, 0.1) is 4.24 Å². The molecule has 0 atom stereocenters. The molecule has 0 aliphatic carbocycles. The molecule has 0 unspecified atom stereocenters. The molecule has 1 saturated heterocycles. The van der Waals surface area contributed by atoms with Crippen LogP contribution in [0.4, 0.5) is 4.39 Å². The SMILES string of the molecule is O=C(O)C(C(=O)/C=C/c1ccc(F)cc1)=C1SCCS1. The fraction of sp³-hybridized carbons (Fsp3) is 0.143. The molecule has 0 aromatic heterocycles. The number of aliphatic carboxylic acids is 1. The van der Waals surface area contributed by atoms with E-state index in [2.05, 4.69) is 0 Å². The fourth-order valence-electron chi connectivity index (χ4n) is 1.58. The standard InChI is InChI=1S/C14H11FO3S2/c15-10-4-1-9(2-5-10)3-6-11(16)12(13(17)18)14-19-7-8-20-14/h1-6H,7-8H2,(H,17,18)/b6-3+. The van der Waals surface area contributed by atoms with Crippen molar-refractivity contribution in [1.29, 1.82) is 0 Å². The Balaban J connectivity index is 2.19. The number of hydrogen-bond acceptors (Lipinski definition) is 4. The number of ketones is 1. The van der Waals surface area contributed by atoms with Crippen molar-refractivity contribution < 1.29 is 19.1 Å². The van der Waals surface area contributed by atoms with Crippen molar-refractivity contribution in [3.05, 3.63) is 51.5 Å². The highest BCUT2D eigenvalue weighted by molar-refractivity contribution is 8.25. The van der Waals surface area contributed by atoms with Gasteiger partial charge in [0.2, 0.25) is 0 Å². The smallest absolute Gasteiger partial charge is 0.341 e. The van der Waals surface area contributed by atoms with Gasteiger partial charge in [0.15, 0.2) is 5.78 Å². The molecule has 6 heteroatoms. The Bertz CT molecular complexity index is 583. The monoisotopic (exact) mass is 310 g/mol. The minimum Gasteiger partial charge on any atom is -0.477 e. The maximum absolute atomic E-state index is 12.7. The van der Waals surface area contributed by atoms with Crippen LogP contribution in [0.15, 0.2) is 40.2 Å². The molecule has 2 rings (SSSR count). The number of hydrogen-bond donors (Lipinski definition) is 1. The van der Waals surface area contributed by atoms with E-state index in [9.17, 15) is 14.0 Å².